The second-order valence-electron chi connectivity index (χ2n) is 6.89. The summed E-state index contributed by atoms with van der Waals surface area (Å²) in [5, 5.41) is 2.84. The number of sulfonamides is 1. The molecular weight excluding hydrogens is 376 g/mol. The minimum absolute atomic E-state index is 0.0988. The van der Waals surface area contributed by atoms with Gasteiger partial charge in [0.15, 0.2) is 0 Å². The fourth-order valence-corrected chi connectivity index (χ4v) is 4.78. The third-order valence-corrected chi connectivity index (χ3v) is 6.78. The Hall–Kier alpha value is -2.38. The second kappa shape index (κ2) is 9.21. The first-order valence-corrected chi connectivity index (χ1v) is 11.0. The summed E-state index contributed by atoms with van der Waals surface area (Å²) in [5.74, 6) is 0.585. The average Bonchev–Trinajstić information content (AvgIpc) is 2.73. The van der Waals surface area contributed by atoms with E-state index in [0.29, 0.717) is 42.3 Å². The minimum Gasteiger partial charge on any atom is -0.497 e. The van der Waals surface area contributed by atoms with Crippen LogP contribution in [0.25, 0.3) is 0 Å². The lowest BCUT2D eigenvalue weighted by Gasteiger charge is -2.25. The van der Waals surface area contributed by atoms with E-state index >= 15 is 0 Å². The molecule has 0 bridgehead atoms. The summed E-state index contributed by atoms with van der Waals surface area (Å²) in [6.07, 6.45) is 3.78. The molecule has 1 N–H and O–H groups in total. The molecule has 1 aliphatic heterocycles. The molecule has 1 heterocycles. The Balaban J connectivity index is 1.56. The Bertz CT molecular complexity index is 904. The average molecular weight is 403 g/mol. The van der Waals surface area contributed by atoms with Gasteiger partial charge in [0.25, 0.3) is 0 Å². The van der Waals surface area contributed by atoms with Crippen LogP contribution in [0.4, 0.5) is 5.69 Å². The van der Waals surface area contributed by atoms with Crippen LogP contribution in [-0.4, -0.2) is 38.8 Å². The van der Waals surface area contributed by atoms with Crippen molar-refractivity contribution in [1.82, 2.24) is 4.31 Å². The molecule has 0 spiro atoms. The van der Waals surface area contributed by atoms with Gasteiger partial charge in [-0.15, -0.1) is 0 Å². The van der Waals surface area contributed by atoms with E-state index in [4.69, 9.17) is 4.74 Å². The molecule has 7 heteroatoms. The molecule has 3 rings (SSSR count). The molecule has 0 saturated carbocycles. The molecule has 1 saturated heterocycles. The number of carbonyl (C=O) groups excluding carboxylic acids is 1. The molecule has 28 heavy (non-hydrogen) atoms. The maximum Gasteiger partial charge on any atom is 0.243 e. The number of nitrogens with one attached hydrogen (secondary N) is 1. The van der Waals surface area contributed by atoms with E-state index < -0.39 is 10.0 Å². The van der Waals surface area contributed by atoms with Crippen LogP contribution in [0.3, 0.4) is 0 Å². The van der Waals surface area contributed by atoms with Crippen molar-refractivity contribution in [2.45, 2.75) is 37.0 Å². The summed E-state index contributed by atoms with van der Waals surface area (Å²) in [6.45, 7) is 1.18. The van der Waals surface area contributed by atoms with Crippen LogP contribution in [0.15, 0.2) is 53.4 Å². The highest BCUT2D eigenvalue weighted by Gasteiger charge is 2.25. The highest BCUT2D eigenvalue weighted by Crippen LogP contribution is 2.21. The second-order valence-corrected chi connectivity index (χ2v) is 8.83. The van der Waals surface area contributed by atoms with Crippen LogP contribution >= 0.6 is 0 Å². The Morgan fingerprint density at radius 2 is 1.79 bits per heavy atom. The maximum absolute atomic E-state index is 12.7. The standard InChI is InChI=1S/C21H26N2O4S/c1-27-19-7-5-6-18(16-19)22-21(24)13-10-17-8-11-20(12-9-17)28(25,26)23-14-3-2-4-15-23/h5-9,11-12,16H,2-4,10,13-15H2,1H3,(H,22,24). The molecule has 6 nitrogen and oxygen atoms in total. The molecule has 0 unspecified atom stereocenters. The summed E-state index contributed by atoms with van der Waals surface area (Å²) >= 11 is 0. The Morgan fingerprint density at radius 3 is 2.46 bits per heavy atom. The SMILES string of the molecule is COc1cccc(NC(=O)CCc2ccc(S(=O)(=O)N3CCCCC3)cc2)c1. The number of methoxy groups -OCH3 is 1. The van der Waals surface area contributed by atoms with Gasteiger partial charge in [-0.05, 0) is 49.1 Å². The van der Waals surface area contributed by atoms with Crippen molar-refractivity contribution in [3.63, 3.8) is 0 Å². The predicted octanol–water partition coefficient (Wildman–Crippen LogP) is 3.44. The summed E-state index contributed by atoms with van der Waals surface area (Å²) in [4.78, 5) is 12.5. The van der Waals surface area contributed by atoms with Gasteiger partial charge in [-0.1, -0.05) is 24.6 Å². The topological polar surface area (TPSA) is 75.7 Å². The third-order valence-electron chi connectivity index (χ3n) is 4.87. The number of benzene rings is 2. The zero-order valence-corrected chi connectivity index (χ0v) is 16.9. The fourth-order valence-electron chi connectivity index (χ4n) is 3.26. The number of hydrogen-bond acceptors (Lipinski definition) is 4. The predicted molar refractivity (Wildman–Crippen MR) is 109 cm³/mol. The maximum atomic E-state index is 12.7. The summed E-state index contributed by atoms with van der Waals surface area (Å²) in [7, 11) is -1.84. The molecule has 2 aromatic rings. The number of aryl methyl sites for hydroxylation is 1. The number of anilines is 1. The van der Waals surface area contributed by atoms with Crippen molar-refractivity contribution in [2.75, 3.05) is 25.5 Å². The van der Waals surface area contributed by atoms with E-state index in [2.05, 4.69) is 5.32 Å². The molecule has 150 valence electrons. The highest BCUT2D eigenvalue weighted by molar-refractivity contribution is 7.89. The first kappa shape index (κ1) is 20.4. The fraction of sp³-hybridized carbons (Fsp3) is 0.381. The van der Waals surface area contributed by atoms with Crippen molar-refractivity contribution in [3.05, 3.63) is 54.1 Å². The van der Waals surface area contributed by atoms with Gasteiger partial charge in [0, 0.05) is 31.3 Å². The number of carbonyl (C=O) groups is 1. The normalized spacial score (nSPS) is 15.2. The van der Waals surface area contributed by atoms with E-state index in [0.717, 1.165) is 24.8 Å². The molecule has 2 aromatic carbocycles. The molecular formula is C21H26N2O4S. The van der Waals surface area contributed by atoms with Crippen molar-refractivity contribution in [1.29, 1.82) is 0 Å². The molecule has 0 aliphatic carbocycles. The highest BCUT2D eigenvalue weighted by atomic mass is 32.2. The lowest BCUT2D eigenvalue weighted by Crippen LogP contribution is -2.35. The number of rotatable bonds is 7. The van der Waals surface area contributed by atoms with Gasteiger partial charge in [-0.25, -0.2) is 8.42 Å². The van der Waals surface area contributed by atoms with Crippen LogP contribution in [0.5, 0.6) is 5.75 Å². The van der Waals surface area contributed by atoms with Crippen LogP contribution in [-0.2, 0) is 21.2 Å². The van der Waals surface area contributed by atoms with E-state index in [-0.39, 0.29) is 5.91 Å². The summed E-state index contributed by atoms with van der Waals surface area (Å²) < 4.78 is 32.1. The monoisotopic (exact) mass is 402 g/mol. The van der Waals surface area contributed by atoms with Crippen LogP contribution in [0, 0.1) is 0 Å². The zero-order chi connectivity index (χ0) is 20.0. The number of amides is 1. The first-order chi connectivity index (χ1) is 13.5. The van der Waals surface area contributed by atoms with Gasteiger partial charge < -0.3 is 10.1 Å². The Labute approximate surface area is 166 Å². The van der Waals surface area contributed by atoms with E-state index in [1.54, 1.807) is 47.8 Å². The van der Waals surface area contributed by atoms with Crippen LogP contribution in [0.1, 0.15) is 31.2 Å². The lowest BCUT2D eigenvalue weighted by atomic mass is 10.1. The van der Waals surface area contributed by atoms with Crippen LogP contribution < -0.4 is 10.1 Å². The number of piperidine rings is 1. The minimum atomic E-state index is -3.42. The smallest absolute Gasteiger partial charge is 0.243 e. The van der Waals surface area contributed by atoms with E-state index in [1.807, 2.05) is 12.1 Å². The lowest BCUT2D eigenvalue weighted by molar-refractivity contribution is -0.116. The largest absolute Gasteiger partial charge is 0.497 e. The van der Waals surface area contributed by atoms with Gasteiger partial charge in [0.2, 0.25) is 15.9 Å². The van der Waals surface area contributed by atoms with Gasteiger partial charge >= 0.3 is 0 Å². The van der Waals surface area contributed by atoms with Gasteiger partial charge in [-0.3, -0.25) is 4.79 Å². The van der Waals surface area contributed by atoms with Crippen LogP contribution in [0.2, 0.25) is 0 Å². The summed E-state index contributed by atoms with van der Waals surface area (Å²) in [5.41, 5.74) is 1.62. The van der Waals surface area contributed by atoms with Gasteiger partial charge in [0.1, 0.15) is 5.75 Å². The Morgan fingerprint density at radius 1 is 1.07 bits per heavy atom. The molecule has 0 atom stereocenters. The molecule has 0 radical (unpaired) electrons. The first-order valence-electron chi connectivity index (χ1n) is 9.52. The number of nitrogens with zero attached hydrogens (tertiary/aromatic N) is 1. The quantitative estimate of drug-likeness (QED) is 0.770. The Kier molecular flexibility index (Phi) is 6.70. The van der Waals surface area contributed by atoms with E-state index in [9.17, 15) is 13.2 Å². The summed E-state index contributed by atoms with van der Waals surface area (Å²) in [6, 6.07) is 14.0. The number of ether oxygens (including phenoxy) is 1. The van der Waals surface area contributed by atoms with Crippen molar-refractivity contribution in [3.8, 4) is 5.75 Å². The zero-order valence-electron chi connectivity index (χ0n) is 16.1. The number of hydrogen-bond donors (Lipinski definition) is 1. The molecule has 1 amide bonds. The third kappa shape index (κ3) is 5.11. The van der Waals surface area contributed by atoms with Crippen molar-refractivity contribution >= 4 is 21.6 Å². The van der Waals surface area contributed by atoms with Crippen molar-refractivity contribution < 1.29 is 17.9 Å². The molecule has 1 aliphatic rings. The molecule has 0 aromatic heterocycles. The van der Waals surface area contributed by atoms with Gasteiger partial charge in [0.05, 0.1) is 12.0 Å². The van der Waals surface area contributed by atoms with Crippen molar-refractivity contribution in [2.24, 2.45) is 0 Å². The molecule has 1 fully saturated rings. The van der Waals surface area contributed by atoms with Gasteiger partial charge in [-0.2, -0.15) is 4.31 Å². The van der Waals surface area contributed by atoms with E-state index in [1.165, 1.54) is 0 Å².